The lowest BCUT2D eigenvalue weighted by molar-refractivity contribution is 0.523. The van der Waals surface area contributed by atoms with Crippen LogP contribution in [-0.2, 0) is 6.42 Å². The Labute approximate surface area is 120 Å². The van der Waals surface area contributed by atoms with E-state index in [1.165, 1.54) is 19.4 Å². The summed E-state index contributed by atoms with van der Waals surface area (Å²) in [5, 5.41) is 7.11. The molecule has 1 fully saturated rings. The Kier molecular flexibility index (Phi) is 3.92. The van der Waals surface area contributed by atoms with Gasteiger partial charge in [-0.2, -0.15) is 0 Å². The number of benzene rings is 1. The molecule has 0 saturated carbocycles. The van der Waals surface area contributed by atoms with Crippen molar-refractivity contribution in [2.75, 3.05) is 11.9 Å². The van der Waals surface area contributed by atoms with Gasteiger partial charge in [-0.1, -0.05) is 6.92 Å². The molecule has 0 amide bonds. The summed E-state index contributed by atoms with van der Waals surface area (Å²) >= 11 is 0. The van der Waals surface area contributed by atoms with Gasteiger partial charge in [0.2, 0.25) is 0 Å². The molecule has 1 aliphatic rings. The largest absolute Gasteiger partial charge is 0.441 e. The molecule has 4 heteroatoms. The second kappa shape index (κ2) is 5.83. The molecule has 0 bridgehead atoms. The molecule has 4 nitrogen and oxygen atoms in total. The molecular formula is C16H23N3O. The Hall–Kier alpha value is -1.55. The van der Waals surface area contributed by atoms with E-state index in [9.17, 15) is 0 Å². The first-order valence-electron chi connectivity index (χ1n) is 7.64. The number of aromatic nitrogens is 1. The Balaban J connectivity index is 1.66. The first-order valence-corrected chi connectivity index (χ1v) is 7.64. The van der Waals surface area contributed by atoms with Gasteiger partial charge < -0.3 is 15.1 Å². The van der Waals surface area contributed by atoms with Gasteiger partial charge in [-0.25, -0.2) is 4.98 Å². The predicted octanol–water partition coefficient (Wildman–Crippen LogP) is 3.33. The van der Waals surface area contributed by atoms with Crippen molar-refractivity contribution < 1.29 is 4.42 Å². The van der Waals surface area contributed by atoms with Gasteiger partial charge >= 0.3 is 0 Å². The highest BCUT2D eigenvalue weighted by molar-refractivity contribution is 5.77. The Morgan fingerprint density at radius 2 is 2.40 bits per heavy atom. The molecule has 2 N–H and O–H groups in total. The van der Waals surface area contributed by atoms with E-state index in [-0.39, 0.29) is 0 Å². The number of fused-ring (bicyclic) bond motifs is 1. The van der Waals surface area contributed by atoms with Crippen LogP contribution in [0.5, 0.6) is 0 Å². The number of hydrogen-bond donors (Lipinski definition) is 2. The van der Waals surface area contributed by atoms with Crippen molar-refractivity contribution in [3.8, 4) is 0 Å². The minimum atomic E-state index is 0.459. The summed E-state index contributed by atoms with van der Waals surface area (Å²) < 4.78 is 5.64. The SMILES string of the molecule is CCc1nc2cc(NC(C)CC3CCCN3)ccc2o1. The van der Waals surface area contributed by atoms with E-state index in [0.717, 1.165) is 35.5 Å². The highest BCUT2D eigenvalue weighted by Crippen LogP contribution is 2.22. The first-order chi connectivity index (χ1) is 9.74. The third-order valence-electron chi connectivity index (χ3n) is 3.95. The number of anilines is 1. The molecule has 2 atom stereocenters. The summed E-state index contributed by atoms with van der Waals surface area (Å²) in [6.07, 6.45) is 4.61. The summed E-state index contributed by atoms with van der Waals surface area (Å²) in [6.45, 7) is 5.47. The van der Waals surface area contributed by atoms with Crippen LogP contribution in [0.4, 0.5) is 5.69 Å². The van der Waals surface area contributed by atoms with Gasteiger partial charge in [-0.3, -0.25) is 0 Å². The number of nitrogens with one attached hydrogen (secondary N) is 2. The van der Waals surface area contributed by atoms with Crippen LogP contribution in [0.3, 0.4) is 0 Å². The van der Waals surface area contributed by atoms with Crippen LogP contribution in [0.1, 0.15) is 39.0 Å². The van der Waals surface area contributed by atoms with Crippen LogP contribution in [0.2, 0.25) is 0 Å². The van der Waals surface area contributed by atoms with Crippen LogP contribution in [0.15, 0.2) is 22.6 Å². The standard InChI is InChI=1S/C16H23N3O/c1-3-16-19-14-10-13(6-7-15(14)20-16)18-11(2)9-12-5-4-8-17-12/h6-7,10-12,17-18H,3-5,8-9H2,1-2H3. The van der Waals surface area contributed by atoms with Gasteiger partial charge in [-0.05, 0) is 50.9 Å². The van der Waals surface area contributed by atoms with Crippen molar-refractivity contribution in [3.63, 3.8) is 0 Å². The van der Waals surface area contributed by atoms with Crippen LogP contribution in [0.25, 0.3) is 11.1 Å². The molecule has 1 aromatic carbocycles. The summed E-state index contributed by atoms with van der Waals surface area (Å²) in [7, 11) is 0. The number of aryl methyl sites for hydroxylation is 1. The third-order valence-corrected chi connectivity index (χ3v) is 3.95. The molecule has 108 valence electrons. The van der Waals surface area contributed by atoms with Crippen LogP contribution < -0.4 is 10.6 Å². The molecule has 0 aliphatic carbocycles. The zero-order valence-electron chi connectivity index (χ0n) is 12.3. The molecule has 2 heterocycles. The number of rotatable bonds is 5. The van der Waals surface area contributed by atoms with Gasteiger partial charge in [0.15, 0.2) is 11.5 Å². The van der Waals surface area contributed by atoms with Crippen molar-refractivity contribution in [1.82, 2.24) is 10.3 Å². The molecule has 2 unspecified atom stereocenters. The molecule has 20 heavy (non-hydrogen) atoms. The summed E-state index contributed by atoms with van der Waals surface area (Å²) in [5.74, 6) is 0.806. The summed E-state index contributed by atoms with van der Waals surface area (Å²) in [6, 6.07) is 7.28. The van der Waals surface area contributed by atoms with Crippen molar-refractivity contribution >= 4 is 16.8 Å². The van der Waals surface area contributed by atoms with Crippen LogP contribution in [0, 0.1) is 0 Å². The minimum Gasteiger partial charge on any atom is -0.441 e. The van der Waals surface area contributed by atoms with Crippen LogP contribution in [-0.4, -0.2) is 23.6 Å². The van der Waals surface area contributed by atoms with Crippen molar-refractivity contribution in [3.05, 3.63) is 24.1 Å². The van der Waals surface area contributed by atoms with E-state index in [1.54, 1.807) is 0 Å². The molecule has 1 aromatic heterocycles. The Morgan fingerprint density at radius 3 is 3.15 bits per heavy atom. The maximum atomic E-state index is 5.64. The van der Waals surface area contributed by atoms with E-state index < -0.39 is 0 Å². The minimum absolute atomic E-state index is 0.459. The van der Waals surface area contributed by atoms with Crippen molar-refractivity contribution in [1.29, 1.82) is 0 Å². The normalized spacial score (nSPS) is 20.4. The van der Waals surface area contributed by atoms with Gasteiger partial charge in [-0.15, -0.1) is 0 Å². The zero-order valence-corrected chi connectivity index (χ0v) is 12.3. The Bertz CT molecular complexity index is 572. The van der Waals surface area contributed by atoms with E-state index in [0.29, 0.717) is 12.1 Å². The maximum absolute atomic E-state index is 5.64. The number of nitrogens with zero attached hydrogens (tertiary/aromatic N) is 1. The highest BCUT2D eigenvalue weighted by Gasteiger charge is 2.17. The van der Waals surface area contributed by atoms with Crippen LogP contribution >= 0.6 is 0 Å². The van der Waals surface area contributed by atoms with Gasteiger partial charge in [0.05, 0.1) is 0 Å². The fraction of sp³-hybridized carbons (Fsp3) is 0.562. The second-order valence-electron chi connectivity index (χ2n) is 5.72. The molecule has 1 aliphatic heterocycles. The molecule has 1 saturated heterocycles. The summed E-state index contributed by atoms with van der Waals surface area (Å²) in [5.41, 5.74) is 2.94. The maximum Gasteiger partial charge on any atom is 0.195 e. The fourth-order valence-electron chi connectivity index (χ4n) is 2.94. The molecule has 0 spiro atoms. The topological polar surface area (TPSA) is 50.1 Å². The smallest absolute Gasteiger partial charge is 0.195 e. The highest BCUT2D eigenvalue weighted by atomic mass is 16.3. The lowest BCUT2D eigenvalue weighted by Gasteiger charge is -2.19. The average molecular weight is 273 g/mol. The monoisotopic (exact) mass is 273 g/mol. The molecular weight excluding hydrogens is 250 g/mol. The van der Waals surface area contributed by atoms with Gasteiger partial charge in [0, 0.05) is 24.2 Å². The lowest BCUT2D eigenvalue weighted by atomic mass is 10.1. The van der Waals surface area contributed by atoms with E-state index in [2.05, 4.69) is 41.6 Å². The van der Waals surface area contributed by atoms with Crippen molar-refractivity contribution in [2.24, 2.45) is 0 Å². The number of hydrogen-bond acceptors (Lipinski definition) is 4. The predicted molar refractivity (Wildman–Crippen MR) is 82.1 cm³/mol. The summed E-state index contributed by atoms with van der Waals surface area (Å²) in [4.78, 5) is 4.48. The third kappa shape index (κ3) is 2.96. The zero-order chi connectivity index (χ0) is 13.9. The average Bonchev–Trinajstić information content (AvgIpc) is 3.06. The number of oxazole rings is 1. The molecule has 2 aromatic rings. The van der Waals surface area contributed by atoms with Crippen molar-refractivity contribution in [2.45, 2.75) is 51.6 Å². The second-order valence-corrected chi connectivity index (χ2v) is 5.72. The molecule has 0 radical (unpaired) electrons. The quantitative estimate of drug-likeness (QED) is 0.877. The van der Waals surface area contributed by atoms with E-state index >= 15 is 0 Å². The van der Waals surface area contributed by atoms with Gasteiger partial charge in [0.1, 0.15) is 5.52 Å². The van der Waals surface area contributed by atoms with Gasteiger partial charge in [0.25, 0.3) is 0 Å². The van der Waals surface area contributed by atoms with E-state index in [1.807, 2.05) is 6.07 Å². The lowest BCUT2D eigenvalue weighted by Crippen LogP contribution is -2.29. The Morgan fingerprint density at radius 1 is 1.50 bits per heavy atom. The van der Waals surface area contributed by atoms with E-state index in [4.69, 9.17) is 4.42 Å². The first kappa shape index (κ1) is 13.4. The fourth-order valence-corrected chi connectivity index (χ4v) is 2.94. The molecule has 3 rings (SSSR count).